The highest BCUT2D eigenvalue weighted by Crippen LogP contribution is 2.50. The highest BCUT2D eigenvalue weighted by atomic mass is 28.4. The van der Waals surface area contributed by atoms with E-state index in [0.29, 0.717) is 17.9 Å². The zero-order valence-electron chi connectivity index (χ0n) is 30.6. The summed E-state index contributed by atoms with van der Waals surface area (Å²) in [7, 11) is -0.553. The smallest absolute Gasteiger partial charge is 0.407 e. The van der Waals surface area contributed by atoms with E-state index in [-0.39, 0.29) is 59.2 Å². The molecule has 12 nitrogen and oxygen atoms in total. The molecule has 1 aromatic carbocycles. The van der Waals surface area contributed by atoms with Crippen LogP contribution < -0.4 is 14.8 Å². The first-order chi connectivity index (χ1) is 25.0. The van der Waals surface area contributed by atoms with Crippen molar-refractivity contribution >= 4 is 14.4 Å². The number of alkyl halides is 4. The summed E-state index contributed by atoms with van der Waals surface area (Å²) >= 11 is 0. The van der Waals surface area contributed by atoms with Crippen molar-refractivity contribution in [2.75, 3.05) is 13.2 Å². The Balaban J connectivity index is 1.34. The number of fused-ring (bicyclic) bond motifs is 2. The zero-order chi connectivity index (χ0) is 38.2. The molecule has 3 aliphatic heterocycles. The molecule has 53 heavy (non-hydrogen) atoms. The molecule has 0 spiro atoms. The van der Waals surface area contributed by atoms with Gasteiger partial charge < -0.3 is 28.5 Å². The molecular formula is C36H43F4N7O5Si. The van der Waals surface area contributed by atoms with Gasteiger partial charge in [0.15, 0.2) is 8.32 Å². The van der Waals surface area contributed by atoms with Crippen molar-refractivity contribution in [3.63, 3.8) is 0 Å². The van der Waals surface area contributed by atoms with Crippen molar-refractivity contribution in [3.8, 4) is 45.5 Å². The highest BCUT2D eigenvalue weighted by molar-refractivity contribution is 6.74. The van der Waals surface area contributed by atoms with Crippen LogP contribution in [-0.2, 0) is 29.3 Å². The Kier molecular flexibility index (Phi) is 10.6. The topological polar surface area (TPSA) is 119 Å². The summed E-state index contributed by atoms with van der Waals surface area (Å²) in [5, 5.41) is 11.0. The highest BCUT2D eigenvalue weighted by Gasteiger charge is 2.39. The molecule has 0 bridgehead atoms. The van der Waals surface area contributed by atoms with Crippen LogP contribution in [0.3, 0.4) is 0 Å². The summed E-state index contributed by atoms with van der Waals surface area (Å²) in [5.41, 5.74) is 1.08. The fraction of sp³-hybridized carbons (Fsp3) is 0.444. The van der Waals surface area contributed by atoms with Crippen LogP contribution >= 0.6 is 0 Å². The summed E-state index contributed by atoms with van der Waals surface area (Å²) in [4.78, 5) is 17.7. The van der Waals surface area contributed by atoms with Crippen molar-refractivity contribution in [2.45, 2.75) is 84.1 Å². The predicted octanol–water partition coefficient (Wildman–Crippen LogP) is 7.74. The summed E-state index contributed by atoms with van der Waals surface area (Å²) in [6, 6.07) is 12.4. The number of amides is 1. The number of carbonyl (C=O) groups excluding carboxylic acids is 1. The first kappa shape index (κ1) is 37.8. The molecule has 0 fully saturated rings. The normalized spacial score (nSPS) is 15.5. The summed E-state index contributed by atoms with van der Waals surface area (Å²) in [5.74, 6) is -0.0101. The Morgan fingerprint density at radius 3 is 2.47 bits per heavy atom. The molecule has 3 aromatic rings. The van der Waals surface area contributed by atoms with Crippen LogP contribution in [0, 0.1) is 0 Å². The Morgan fingerprint density at radius 2 is 1.79 bits per heavy atom. The molecule has 1 amide bonds. The SMILES string of the molecule is C[C@@H](COC(=O)N[C@@H]1COc2c(-c3nc4n(Cc5ccccc5)cccc-4c3-c3cn(C)nc3OC(F)F)c(C(F)F)nn2C1)O[Si](C)(C)C(C)(C)C. The average molecular weight is 758 g/mol. The van der Waals surface area contributed by atoms with Gasteiger partial charge in [-0.25, -0.2) is 23.2 Å². The molecule has 1 N–H and O–H groups in total. The second kappa shape index (κ2) is 14.8. The van der Waals surface area contributed by atoms with Gasteiger partial charge in [0, 0.05) is 37.1 Å². The number of halogens is 4. The molecule has 284 valence electrons. The summed E-state index contributed by atoms with van der Waals surface area (Å²) < 4.78 is 83.9. The molecule has 17 heteroatoms. The molecule has 0 unspecified atom stereocenters. The van der Waals surface area contributed by atoms with Crippen LogP contribution in [0.5, 0.6) is 11.8 Å². The number of hydrogen-bond donors (Lipinski definition) is 1. The maximum Gasteiger partial charge on any atom is 0.407 e. The van der Waals surface area contributed by atoms with Gasteiger partial charge in [0.25, 0.3) is 6.43 Å². The molecule has 5 heterocycles. The van der Waals surface area contributed by atoms with Crippen LogP contribution in [0.2, 0.25) is 18.1 Å². The third-order valence-electron chi connectivity index (χ3n) is 9.49. The number of benzene rings is 1. The van der Waals surface area contributed by atoms with Gasteiger partial charge in [0.1, 0.15) is 24.7 Å². The van der Waals surface area contributed by atoms with Gasteiger partial charge in [0.2, 0.25) is 11.8 Å². The van der Waals surface area contributed by atoms with Crippen LogP contribution in [0.1, 0.15) is 45.4 Å². The number of nitrogens with zero attached hydrogens (tertiary/aromatic N) is 6. The molecule has 0 aliphatic carbocycles. The lowest BCUT2D eigenvalue weighted by Gasteiger charge is -2.38. The Labute approximate surface area is 305 Å². The lowest BCUT2D eigenvalue weighted by Crippen LogP contribution is -2.47. The van der Waals surface area contributed by atoms with Crippen molar-refractivity contribution in [1.82, 2.24) is 34.4 Å². The number of alkyl carbamates (subject to hydrolysis) is 1. The van der Waals surface area contributed by atoms with Crippen molar-refractivity contribution in [1.29, 1.82) is 0 Å². The third-order valence-corrected chi connectivity index (χ3v) is 14.1. The number of rotatable bonds is 12. The van der Waals surface area contributed by atoms with E-state index < -0.39 is 45.1 Å². The van der Waals surface area contributed by atoms with E-state index in [1.807, 2.05) is 41.8 Å². The minimum atomic E-state index is -3.20. The number of hydrogen-bond acceptors (Lipinski definition) is 8. The van der Waals surface area contributed by atoms with Gasteiger partial charge in [0.05, 0.1) is 35.5 Å². The number of ether oxygens (including phenoxy) is 3. The second-order valence-electron chi connectivity index (χ2n) is 14.6. The third kappa shape index (κ3) is 8.05. The quantitative estimate of drug-likeness (QED) is 0.102. The van der Waals surface area contributed by atoms with Crippen molar-refractivity contribution in [3.05, 3.63) is 66.1 Å². The van der Waals surface area contributed by atoms with Gasteiger partial charge in [-0.15, -0.1) is 5.10 Å². The second-order valence-corrected chi connectivity index (χ2v) is 19.3. The monoisotopic (exact) mass is 757 g/mol. The average Bonchev–Trinajstić information content (AvgIpc) is 3.75. The van der Waals surface area contributed by atoms with Crippen molar-refractivity contribution in [2.24, 2.45) is 7.05 Å². The van der Waals surface area contributed by atoms with E-state index >= 15 is 0 Å². The standard InChI is InChI=1S/C36H43F4N7O5Si/c1-21(52-53(6,7)36(2,3)4)19-50-35(48)41-23-17-47-33(49-20-23)27(29(43-47)30(37)38)28-26(25-18-45(5)44-32(25)51-34(39)40)24-14-11-15-46(31(24)42-28)16-22-12-9-8-10-13-22/h8-15,18,21,23,30,34H,16-17,19-20H2,1-7H3,(H,41,48)/t21-,23-/m0/s1. The summed E-state index contributed by atoms with van der Waals surface area (Å²) in [6.07, 6.45) is -0.859. The van der Waals surface area contributed by atoms with Gasteiger partial charge in [-0.2, -0.15) is 13.9 Å². The van der Waals surface area contributed by atoms with E-state index in [1.54, 1.807) is 18.3 Å². The predicted molar refractivity (Wildman–Crippen MR) is 191 cm³/mol. The van der Waals surface area contributed by atoms with E-state index in [2.05, 4.69) is 49.4 Å². The maximum atomic E-state index is 14.9. The molecule has 3 aliphatic rings. The van der Waals surface area contributed by atoms with E-state index in [1.165, 1.54) is 22.6 Å². The first-order valence-electron chi connectivity index (χ1n) is 17.2. The van der Waals surface area contributed by atoms with Gasteiger partial charge in [-0.1, -0.05) is 51.1 Å². The molecule has 2 atom stereocenters. The van der Waals surface area contributed by atoms with E-state index in [0.717, 1.165) is 5.56 Å². The van der Waals surface area contributed by atoms with Crippen LogP contribution in [0.25, 0.3) is 33.8 Å². The lowest BCUT2D eigenvalue weighted by molar-refractivity contribution is -0.0527. The van der Waals surface area contributed by atoms with Gasteiger partial charge >= 0.3 is 12.7 Å². The van der Waals surface area contributed by atoms with Crippen LogP contribution in [-0.4, -0.2) is 75.5 Å². The molecule has 2 aromatic heterocycles. The van der Waals surface area contributed by atoms with Crippen molar-refractivity contribution < 1.29 is 41.0 Å². The minimum Gasteiger partial charge on any atom is -0.475 e. The largest absolute Gasteiger partial charge is 0.475 e. The fourth-order valence-electron chi connectivity index (χ4n) is 6.08. The Morgan fingerprint density at radius 1 is 1.06 bits per heavy atom. The zero-order valence-corrected chi connectivity index (χ0v) is 31.6. The maximum absolute atomic E-state index is 14.9. The number of nitrogens with one attached hydrogen (secondary N) is 1. The summed E-state index contributed by atoms with van der Waals surface area (Å²) in [6.45, 7) is 9.52. The number of aromatic nitrogens is 6. The molecule has 0 radical (unpaired) electrons. The number of carbonyl (C=O) groups is 1. The first-order valence-corrected chi connectivity index (χ1v) is 20.1. The lowest BCUT2D eigenvalue weighted by atomic mass is 9.98. The van der Waals surface area contributed by atoms with Crippen LogP contribution in [0.4, 0.5) is 22.4 Å². The fourth-order valence-corrected chi connectivity index (χ4v) is 7.50. The van der Waals surface area contributed by atoms with E-state index in [4.69, 9.17) is 23.6 Å². The molecular weight excluding hydrogens is 715 g/mol. The minimum absolute atomic E-state index is 0.0120. The number of pyridine rings is 1. The van der Waals surface area contributed by atoms with Gasteiger partial charge in [-0.3, -0.25) is 4.68 Å². The van der Waals surface area contributed by atoms with Crippen LogP contribution in [0.15, 0.2) is 54.9 Å². The van der Waals surface area contributed by atoms with Gasteiger partial charge in [-0.05, 0) is 42.8 Å². The Bertz CT molecular complexity index is 2030. The number of aryl methyl sites for hydroxylation is 1. The molecule has 0 saturated carbocycles. The molecule has 0 saturated heterocycles. The molecule has 6 rings (SSSR count). The van der Waals surface area contributed by atoms with E-state index in [9.17, 15) is 22.4 Å². The Hall–Kier alpha value is -4.90.